The van der Waals surface area contributed by atoms with Crippen LogP contribution in [0.5, 0.6) is 0 Å². The summed E-state index contributed by atoms with van der Waals surface area (Å²) in [6.45, 7) is 1.52. The Kier molecular flexibility index (Phi) is 6.36. The van der Waals surface area contributed by atoms with E-state index in [1.165, 1.54) is 0 Å². The second kappa shape index (κ2) is 9.90. The monoisotopic (exact) mass is 472 g/mol. The SMILES string of the molecule is Cc1nnc(COCC(=O)Nc2cc(-c3[nH]c4c(c3Nc3ccccc3)C(=O)CCC4)ccn2)o1. The highest BCUT2D eigenvalue weighted by Crippen LogP contribution is 2.39. The van der Waals surface area contributed by atoms with E-state index in [0.29, 0.717) is 29.6 Å². The Morgan fingerprint density at radius 3 is 2.83 bits per heavy atom. The molecule has 178 valence electrons. The average molecular weight is 473 g/mol. The maximum absolute atomic E-state index is 12.8. The molecule has 35 heavy (non-hydrogen) atoms. The molecule has 0 fully saturated rings. The second-order valence-electron chi connectivity index (χ2n) is 8.18. The number of carbonyl (C=O) groups is 2. The summed E-state index contributed by atoms with van der Waals surface area (Å²) in [4.78, 5) is 32.8. The number of amides is 1. The molecule has 3 N–H and O–H groups in total. The number of aryl methyl sites for hydroxylation is 2. The van der Waals surface area contributed by atoms with Gasteiger partial charge >= 0.3 is 0 Å². The molecular formula is C25H24N6O4. The summed E-state index contributed by atoms with van der Waals surface area (Å²) < 4.78 is 10.6. The van der Waals surface area contributed by atoms with Gasteiger partial charge in [-0.25, -0.2) is 4.98 Å². The minimum absolute atomic E-state index is 0.0400. The summed E-state index contributed by atoms with van der Waals surface area (Å²) in [6.07, 6.45) is 3.75. The van der Waals surface area contributed by atoms with Crippen molar-refractivity contribution in [3.8, 4) is 11.3 Å². The Balaban J connectivity index is 1.35. The molecule has 1 aromatic carbocycles. The molecule has 1 aliphatic rings. The van der Waals surface area contributed by atoms with Gasteiger partial charge in [-0.15, -0.1) is 10.2 Å². The van der Waals surface area contributed by atoms with Crippen molar-refractivity contribution in [1.82, 2.24) is 20.2 Å². The molecule has 4 aromatic rings. The zero-order valence-electron chi connectivity index (χ0n) is 19.1. The molecule has 0 atom stereocenters. The highest BCUT2D eigenvalue weighted by atomic mass is 16.5. The van der Waals surface area contributed by atoms with Gasteiger partial charge in [0.25, 0.3) is 5.91 Å². The molecule has 3 heterocycles. The minimum Gasteiger partial charge on any atom is -0.423 e. The third-order valence-corrected chi connectivity index (χ3v) is 5.57. The number of Topliss-reactive ketones (excluding diaryl/α,β-unsaturated/α-hetero) is 1. The molecule has 0 saturated carbocycles. The summed E-state index contributed by atoms with van der Waals surface area (Å²) in [6, 6.07) is 13.3. The van der Waals surface area contributed by atoms with Crippen molar-refractivity contribution in [2.75, 3.05) is 17.2 Å². The van der Waals surface area contributed by atoms with Crippen molar-refractivity contribution in [1.29, 1.82) is 0 Å². The summed E-state index contributed by atoms with van der Waals surface area (Å²) in [5, 5.41) is 13.7. The molecule has 0 saturated heterocycles. The molecule has 0 aliphatic heterocycles. The number of H-pyrrole nitrogens is 1. The van der Waals surface area contributed by atoms with Gasteiger partial charge in [0.15, 0.2) is 5.78 Å². The van der Waals surface area contributed by atoms with Crippen LogP contribution in [0.2, 0.25) is 0 Å². The quantitative estimate of drug-likeness (QED) is 0.347. The first kappa shape index (κ1) is 22.5. The largest absolute Gasteiger partial charge is 0.423 e. The van der Waals surface area contributed by atoms with Crippen molar-refractivity contribution in [3.05, 3.63) is 71.7 Å². The summed E-state index contributed by atoms with van der Waals surface area (Å²) in [7, 11) is 0. The van der Waals surface area contributed by atoms with Gasteiger partial charge in [0.1, 0.15) is 19.0 Å². The number of carbonyl (C=O) groups excluding carboxylic acids is 2. The number of benzene rings is 1. The van der Waals surface area contributed by atoms with Crippen molar-refractivity contribution >= 4 is 28.9 Å². The fourth-order valence-electron chi connectivity index (χ4n) is 4.07. The van der Waals surface area contributed by atoms with E-state index in [0.717, 1.165) is 41.2 Å². The van der Waals surface area contributed by atoms with Crippen LogP contribution in [0.4, 0.5) is 17.2 Å². The van der Waals surface area contributed by atoms with E-state index in [1.54, 1.807) is 19.2 Å². The summed E-state index contributed by atoms with van der Waals surface area (Å²) >= 11 is 0. The third-order valence-electron chi connectivity index (χ3n) is 5.57. The van der Waals surface area contributed by atoms with Crippen LogP contribution in [0.1, 0.15) is 40.7 Å². The standard InChI is InChI=1S/C25H24N6O4/c1-15-30-31-22(35-15)14-34-13-21(33)29-20-12-16(10-11-26-20)24-25(27-17-6-3-2-4-7-17)23-18(28-24)8-5-9-19(23)32/h2-4,6-7,10-12,27-28H,5,8-9,13-14H2,1H3,(H,26,29,33). The number of anilines is 3. The van der Waals surface area contributed by atoms with Gasteiger partial charge in [-0.2, -0.15) is 0 Å². The second-order valence-corrected chi connectivity index (χ2v) is 8.18. The van der Waals surface area contributed by atoms with Crippen LogP contribution in [0.15, 0.2) is 53.1 Å². The number of ketones is 1. The van der Waals surface area contributed by atoms with Crippen LogP contribution in [0, 0.1) is 6.92 Å². The van der Waals surface area contributed by atoms with Crippen LogP contribution < -0.4 is 10.6 Å². The van der Waals surface area contributed by atoms with Gasteiger partial charge in [-0.05, 0) is 37.1 Å². The van der Waals surface area contributed by atoms with E-state index in [1.807, 2.05) is 36.4 Å². The van der Waals surface area contributed by atoms with Gasteiger partial charge < -0.3 is 24.8 Å². The lowest BCUT2D eigenvalue weighted by molar-refractivity contribution is -0.121. The van der Waals surface area contributed by atoms with Gasteiger partial charge in [-0.1, -0.05) is 18.2 Å². The molecule has 0 spiro atoms. The molecule has 10 nitrogen and oxygen atoms in total. The van der Waals surface area contributed by atoms with Gasteiger partial charge in [-0.3, -0.25) is 9.59 Å². The van der Waals surface area contributed by atoms with Crippen LogP contribution in [0.3, 0.4) is 0 Å². The van der Waals surface area contributed by atoms with Gasteiger partial charge in [0.05, 0.1) is 16.9 Å². The molecule has 5 rings (SSSR count). The first-order valence-electron chi connectivity index (χ1n) is 11.3. The Morgan fingerprint density at radius 2 is 2.03 bits per heavy atom. The van der Waals surface area contributed by atoms with E-state index in [-0.39, 0.29) is 24.9 Å². The number of nitrogens with zero attached hydrogens (tertiary/aromatic N) is 3. The number of nitrogens with one attached hydrogen (secondary N) is 3. The minimum atomic E-state index is -0.366. The van der Waals surface area contributed by atoms with Crippen LogP contribution in [-0.4, -0.2) is 38.5 Å². The number of hydrogen-bond acceptors (Lipinski definition) is 8. The van der Waals surface area contributed by atoms with Crippen LogP contribution in [0.25, 0.3) is 11.3 Å². The first-order chi connectivity index (χ1) is 17.1. The Morgan fingerprint density at radius 1 is 1.17 bits per heavy atom. The number of pyridine rings is 1. The van der Waals surface area contributed by atoms with Crippen molar-refractivity contribution < 1.29 is 18.7 Å². The predicted octanol–water partition coefficient (Wildman–Crippen LogP) is 4.19. The maximum Gasteiger partial charge on any atom is 0.251 e. The van der Waals surface area contributed by atoms with Crippen molar-refractivity contribution in [2.45, 2.75) is 32.8 Å². The van der Waals surface area contributed by atoms with E-state index in [4.69, 9.17) is 9.15 Å². The van der Waals surface area contributed by atoms with E-state index in [2.05, 4.69) is 30.8 Å². The number of para-hydroxylation sites is 1. The normalized spacial score (nSPS) is 12.9. The van der Waals surface area contributed by atoms with Crippen molar-refractivity contribution in [3.63, 3.8) is 0 Å². The van der Waals surface area contributed by atoms with Crippen molar-refractivity contribution in [2.24, 2.45) is 0 Å². The molecule has 0 bridgehead atoms. The molecule has 10 heteroatoms. The maximum atomic E-state index is 12.8. The Labute approximate surface area is 201 Å². The summed E-state index contributed by atoms with van der Waals surface area (Å²) in [5.41, 5.74) is 4.79. The average Bonchev–Trinajstić information content (AvgIpc) is 3.44. The number of fused-ring (bicyclic) bond motifs is 1. The topological polar surface area (TPSA) is 135 Å². The molecule has 3 aromatic heterocycles. The van der Waals surface area contributed by atoms with E-state index >= 15 is 0 Å². The highest BCUT2D eigenvalue weighted by Gasteiger charge is 2.27. The molecule has 1 amide bonds. The fraction of sp³-hybridized carbons (Fsp3) is 0.240. The van der Waals surface area contributed by atoms with Gasteiger partial charge in [0.2, 0.25) is 11.8 Å². The highest BCUT2D eigenvalue weighted by molar-refractivity contribution is 6.07. The molecular weight excluding hydrogens is 448 g/mol. The Bertz CT molecular complexity index is 1360. The summed E-state index contributed by atoms with van der Waals surface area (Å²) in [5.74, 6) is 0.856. The predicted molar refractivity (Wildman–Crippen MR) is 128 cm³/mol. The number of rotatable bonds is 8. The lowest BCUT2D eigenvalue weighted by Crippen LogP contribution is -2.19. The lowest BCUT2D eigenvalue weighted by Gasteiger charge is -2.14. The fourth-order valence-corrected chi connectivity index (χ4v) is 4.07. The Hall–Kier alpha value is -4.31. The van der Waals surface area contributed by atoms with Gasteiger partial charge in [0, 0.05) is 36.5 Å². The number of ether oxygens (including phenoxy) is 1. The third kappa shape index (κ3) is 5.12. The number of aromatic nitrogens is 4. The zero-order valence-corrected chi connectivity index (χ0v) is 19.1. The van der Waals surface area contributed by atoms with Crippen LogP contribution >= 0.6 is 0 Å². The first-order valence-corrected chi connectivity index (χ1v) is 11.3. The molecule has 0 unspecified atom stereocenters. The van der Waals surface area contributed by atoms with Crippen LogP contribution in [-0.2, 0) is 22.6 Å². The number of hydrogen-bond donors (Lipinski definition) is 3. The van der Waals surface area contributed by atoms with E-state index in [9.17, 15) is 9.59 Å². The lowest BCUT2D eigenvalue weighted by atomic mass is 9.95. The molecule has 0 radical (unpaired) electrons. The smallest absolute Gasteiger partial charge is 0.251 e. The molecule has 1 aliphatic carbocycles. The number of aromatic amines is 1. The zero-order chi connectivity index (χ0) is 24.2. The van der Waals surface area contributed by atoms with E-state index < -0.39 is 0 Å².